The molecule has 0 atom stereocenters. The first-order chi connectivity index (χ1) is 6.79. The smallest absolute Gasteiger partial charge is 0.184 e. The van der Waals surface area contributed by atoms with Gasteiger partial charge in [-0.3, -0.25) is 0 Å². The van der Waals surface area contributed by atoms with Crippen LogP contribution in [-0.2, 0) is 6.42 Å². The Morgan fingerprint density at radius 3 is 2.79 bits per heavy atom. The molecule has 0 radical (unpaired) electrons. The molecule has 1 heterocycles. The lowest BCUT2D eigenvalue weighted by atomic mass is 10.3. The molecule has 1 aromatic rings. The molecule has 0 bridgehead atoms. The highest BCUT2D eigenvalue weighted by Crippen LogP contribution is 2.31. The van der Waals surface area contributed by atoms with Crippen LogP contribution in [0.4, 0.5) is 5.13 Å². The van der Waals surface area contributed by atoms with Crippen molar-refractivity contribution >= 4 is 32.4 Å². The van der Waals surface area contributed by atoms with E-state index < -0.39 is 0 Å². The maximum Gasteiger partial charge on any atom is 0.184 e. The Labute approximate surface area is 97.3 Å². The van der Waals surface area contributed by atoms with Gasteiger partial charge in [0.15, 0.2) is 5.13 Å². The molecule has 1 aliphatic rings. The van der Waals surface area contributed by atoms with Crippen molar-refractivity contribution in [3.63, 3.8) is 0 Å². The first-order valence-corrected chi connectivity index (χ1v) is 6.82. The van der Waals surface area contributed by atoms with Crippen molar-refractivity contribution in [2.24, 2.45) is 0 Å². The van der Waals surface area contributed by atoms with Crippen LogP contribution in [0, 0.1) is 0 Å². The van der Waals surface area contributed by atoms with Crippen LogP contribution in [0.1, 0.15) is 38.3 Å². The summed E-state index contributed by atoms with van der Waals surface area (Å²) in [6.45, 7) is 2.14. The van der Waals surface area contributed by atoms with Gasteiger partial charge in [0, 0.05) is 6.04 Å². The average molecular weight is 275 g/mol. The topological polar surface area (TPSA) is 24.9 Å². The molecule has 0 unspecified atom stereocenters. The number of halogens is 1. The second-order valence-corrected chi connectivity index (χ2v) is 6.04. The summed E-state index contributed by atoms with van der Waals surface area (Å²) >= 11 is 5.26. The minimum Gasteiger partial charge on any atom is -0.359 e. The molecule has 1 saturated carbocycles. The van der Waals surface area contributed by atoms with Crippen LogP contribution < -0.4 is 5.32 Å². The zero-order valence-electron chi connectivity index (χ0n) is 8.35. The van der Waals surface area contributed by atoms with Gasteiger partial charge in [-0.05, 0) is 35.2 Å². The Bertz CT molecular complexity index is 305. The van der Waals surface area contributed by atoms with Crippen molar-refractivity contribution in [1.82, 2.24) is 4.98 Å². The van der Waals surface area contributed by atoms with Gasteiger partial charge in [0.05, 0.1) is 9.48 Å². The monoisotopic (exact) mass is 274 g/mol. The Hall–Kier alpha value is -0.0900. The van der Waals surface area contributed by atoms with E-state index in [4.69, 9.17) is 0 Å². The number of thiazole rings is 1. The second-order valence-electron chi connectivity index (χ2n) is 3.72. The van der Waals surface area contributed by atoms with E-state index in [1.54, 1.807) is 11.3 Å². The fourth-order valence-corrected chi connectivity index (χ4v) is 3.55. The van der Waals surface area contributed by atoms with Gasteiger partial charge in [0.2, 0.25) is 0 Å². The van der Waals surface area contributed by atoms with Crippen LogP contribution in [-0.4, -0.2) is 11.0 Å². The van der Waals surface area contributed by atoms with Gasteiger partial charge < -0.3 is 5.32 Å². The van der Waals surface area contributed by atoms with E-state index in [0.29, 0.717) is 6.04 Å². The molecule has 0 amide bonds. The summed E-state index contributed by atoms with van der Waals surface area (Å²) < 4.78 is 1.18. The molecule has 1 aliphatic carbocycles. The molecule has 2 rings (SSSR count). The molecule has 1 N–H and O–H groups in total. The molecule has 0 saturated heterocycles. The normalized spacial score (nSPS) is 17.6. The molecule has 0 spiro atoms. The van der Waals surface area contributed by atoms with Gasteiger partial charge in [-0.2, -0.15) is 0 Å². The zero-order chi connectivity index (χ0) is 9.97. The van der Waals surface area contributed by atoms with Crippen molar-refractivity contribution < 1.29 is 0 Å². The number of nitrogens with zero attached hydrogens (tertiary/aromatic N) is 1. The van der Waals surface area contributed by atoms with E-state index in [-0.39, 0.29) is 0 Å². The number of aromatic nitrogens is 1. The zero-order valence-corrected chi connectivity index (χ0v) is 10.7. The van der Waals surface area contributed by atoms with Gasteiger partial charge in [0.1, 0.15) is 0 Å². The van der Waals surface area contributed by atoms with Crippen molar-refractivity contribution in [1.29, 1.82) is 0 Å². The minimum atomic E-state index is 0.665. The highest BCUT2D eigenvalue weighted by molar-refractivity contribution is 9.11. The van der Waals surface area contributed by atoms with Crippen molar-refractivity contribution in [2.45, 2.75) is 45.1 Å². The lowest BCUT2D eigenvalue weighted by Gasteiger charge is -2.09. The lowest BCUT2D eigenvalue weighted by molar-refractivity contribution is 0.753. The molecule has 0 aromatic carbocycles. The molecular formula is C10H15BrN2S. The van der Waals surface area contributed by atoms with E-state index in [9.17, 15) is 0 Å². The Morgan fingerprint density at radius 1 is 1.50 bits per heavy atom. The average Bonchev–Trinajstić information content (AvgIpc) is 2.76. The summed E-state index contributed by atoms with van der Waals surface area (Å²) in [4.78, 5) is 4.55. The summed E-state index contributed by atoms with van der Waals surface area (Å²) in [5, 5.41) is 4.60. The van der Waals surface area contributed by atoms with Crippen molar-refractivity contribution in [3.05, 3.63) is 9.48 Å². The maximum absolute atomic E-state index is 4.55. The fraction of sp³-hybridized carbons (Fsp3) is 0.700. The molecule has 1 aromatic heterocycles. The first-order valence-electron chi connectivity index (χ1n) is 5.21. The van der Waals surface area contributed by atoms with E-state index in [0.717, 1.165) is 11.6 Å². The predicted octanol–water partition coefficient (Wildman–Crippen LogP) is 3.82. The second kappa shape index (κ2) is 4.62. The van der Waals surface area contributed by atoms with Gasteiger partial charge in [0.25, 0.3) is 0 Å². The lowest BCUT2D eigenvalue weighted by Crippen LogP contribution is -2.14. The summed E-state index contributed by atoms with van der Waals surface area (Å²) in [5.41, 5.74) is 1.18. The Morgan fingerprint density at radius 2 is 2.21 bits per heavy atom. The molecule has 1 fully saturated rings. The standard InChI is InChI=1S/C10H15BrN2S/c1-2-8-9(11)14-10(13-8)12-7-5-3-4-6-7/h7H,2-6H2,1H3,(H,12,13). The Kier molecular flexibility index (Phi) is 3.44. The third-order valence-corrected chi connectivity index (χ3v) is 4.43. The molecule has 0 aliphatic heterocycles. The number of nitrogens with one attached hydrogen (secondary N) is 1. The van der Waals surface area contributed by atoms with Gasteiger partial charge in [-0.1, -0.05) is 31.1 Å². The summed E-state index contributed by atoms with van der Waals surface area (Å²) in [6.07, 6.45) is 6.34. The molecular weight excluding hydrogens is 260 g/mol. The van der Waals surface area contributed by atoms with E-state index in [2.05, 4.69) is 33.2 Å². The number of hydrogen-bond donors (Lipinski definition) is 1. The van der Waals surface area contributed by atoms with E-state index in [1.165, 1.54) is 35.2 Å². The van der Waals surface area contributed by atoms with Crippen LogP contribution in [0.5, 0.6) is 0 Å². The summed E-state index contributed by atoms with van der Waals surface area (Å²) in [6, 6.07) is 0.665. The number of anilines is 1. The third kappa shape index (κ3) is 2.28. The van der Waals surface area contributed by atoms with Gasteiger partial charge in [-0.25, -0.2) is 4.98 Å². The van der Waals surface area contributed by atoms with Crippen LogP contribution in [0.25, 0.3) is 0 Å². The predicted molar refractivity (Wildman–Crippen MR) is 65.1 cm³/mol. The molecule has 4 heteroatoms. The quantitative estimate of drug-likeness (QED) is 0.907. The van der Waals surface area contributed by atoms with Crippen LogP contribution in [0.15, 0.2) is 3.79 Å². The molecule has 14 heavy (non-hydrogen) atoms. The maximum atomic E-state index is 4.55. The summed E-state index contributed by atoms with van der Waals surface area (Å²) in [7, 11) is 0. The van der Waals surface area contributed by atoms with Crippen LogP contribution >= 0.6 is 27.3 Å². The number of rotatable bonds is 3. The number of aryl methyl sites for hydroxylation is 1. The van der Waals surface area contributed by atoms with Crippen molar-refractivity contribution in [3.8, 4) is 0 Å². The Balaban J connectivity index is 2.01. The summed E-state index contributed by atoms with van der Waals surface area (Å²) in [5.74, 6) is 0. The minimum absolute atomic E-state index is 0.665. The van der Waals surface area contributed by atoms with Gasteiger partial charge >= 0.3 is 0 Å². The fourth-order valence-electron chi connectivity index (χ4n) is 1.86. The largest absolute Gasteiger partial charge is 0.359 e. The first kappa shape index (κ1) is 10.4. The molecule has 2 nitrogen and oxygen atoms in total. The van der Waals surface area contributed by atoms with Crippen molar-refractivity contribution in [2.75, 3.05) is 5.32 Å². The van der Waals surface area contributed by atoms with Crippen LogP contribution in [0.2, 0.25) is 0 Å². The highest BCUT2D eigenvalue weighted by Gasteiger charge is 2.16. The SMILES string of the molecule is CCc1nc(NC2CCCC2)sc1Br. The van der Waals surface area contributed by atoms with Gasteiger partial charge in [-0.15, -0.1) is 0 Å². The third-order valence-electron chi connectivity index (χ3n) is 2.67. The molecule has 78 valence electrons. The van der Waals surface area contributed by atoms with Crippen LogP contribution in [0.3, 0.4) is 0 Å². The number of hydrogen-bond acceptors (Lipinski definition) is 3. The highest BCUT2D eigenvalue weighted by atomic mass is 79.9. The van der Waals surface area contributed by atoms with E-state index >= 15 is 0 Å². The van der Waals surface area contributed by atoms with E-state index in [1.807, 2.05) is 0 Å².